The van der Waals surface area contributed by atoms with E-state index in [2.05, 4.69) is 5.32 Å². The van der Waals surface area contributed by atoms with Gasteiger partial charge in [0.05, 0.1) is 11.3 Å². The van der Waals surface area contributed by atoms with Gasteiger partial charge in [-0.2, -0.15) is 0 Å². The SMILES string of the molecule is O=C(COc1cc2ccccc2cc1C(=O)N1CCN(c2ccccc2F)CC1)NC1CC1. The monoisotopic (exact) mass is 447 g/mol. The van der Waals surface area contributed by atoms with Crippen molar-refractivity contribution in [2.24, 2.45) is 0 Å². The van der Waals surface area contributed by atoms with Gasteiger partial charge in [-0.15, -0.1) is 0 Å². The van der Waals surface area contributed by atoms with Crippen LogP contribution in [0, 0.1) is 5.82 Å². The number of carbonyl (C=O) groups excluding carboxylic acids is 2. The highest BCUT2D eigenvalue weighted by Crippen LogP contribution is 2.29. The van der Waals surface area contributed by atoms with E-state index in [9.17, 15) is 14.0 Å². The van der Waals surface area contributed by atoms with Crippen LogP contribution in [0.5, 0.6) is 5.75 Å². The molecule has 2 amide bonds. The zero-order chi connectivity index (χ0) is 22.8. The lowest BCUT2D eigenvalue weighted by molar-refractivity contribution is -0.123. The summed E-state index contributed by atoms with van der Waals surface area (Å²) in [4.78, 5) is 29.3. The van der Waals surface area contributed by atoms with Crippen LogP contribution in [0.25, 0.3) is 10.8 Å². The third kappa shape index (κ3) is 4.77. The molecule has 1 saturated heterocycles. The molecule has 1 N–H and O–H groups in total. The van der Waals surface area contributed by atoms with Gasteiger partial charge in [0.1, 0.15) is 11.6 Å². The summed E-state index contributed by atoms with van der Waals surface area (Å²) >= 11 is 0. The Balaban J connectivity index is 1.33. The van der Waals surface area contributed by atoms with Gasteiger partial charge in [-0.25, -0.2) is 4.39 Å². The number of nitrogens with one attached hydrogen (secondary N) is 1. The Labute approximate surface area is 191 Å². The number of carbonyl (C=O) groups is 2. The first-order valence-electron chi connectivity index (χ1n) is 11.3. The fourth-order valence-electron chi connectivity index (χ4n) is 4.18. The minimum Gasteiger partial charge on any atom is -0.483 e. The molecule has 0 bridgehead atoms. The normalized spacial score (nSPS) is 16.0. The summed E-state index contributed by atoms with van der Waals surface area (Å²) in [7, 11) is 0. The third-order valence-corrected chi connectivity index (χ3v) is 6.14. The van der Waals surface area contributed by atoms with E-state index in [4.69, 9.17) is 4.74 Å². The van der Waals surface area contributed by atoms with Gasteiger partial charge in [-0.05, 0) is 47.9 Å². The maximum Gasteiger partial charge on any atom is 0.258 e. The zero-order valence-electron chi connectivity index (χ0n) is 18.3. The van der Waals surface area contributed by atoms with E-state index >= 15 is 0 Å². The smallest absolute Gasteiger partial charge is 0.258 e. The van der Waals surface area contributed by atoms with Crippen LogP contribution in [0.1, 0.15) is 23.2 Å². The molecule has 0 aromatic heterocycles. The van der Waals surface area contributed by atoms with Gasteiger partial charge in [-0.3, -0.25) is 9.59 Å². The maximum absolute atomic E-state index is 14.2. The number of para-hydroxylation sites is 1. The Morgan fingerprint density at radius 1 is 0.939 bits per heavy atom. The lowest BCUT2D eigenvalue weighted by atomic mass is 10.0. The van der Waals surface area contributed by atoms with Crippen LogP contribution in [0.4, 0.5) is 10.1 Å². The molecule has 170 valence electrons. The first-order chi connectivity index (χ1) is 16.1. The van der Waals surface area contributed by atoms with E-state index < -0.39 is 0 Å². The molecule has 7 heteroatoms. The van der Waals surface area contributed by atoms with E-state index in [1.807, 2.05) is 47.4 Å². The van der Waals surface area contributed by atoms with Crippen molar-refractivity contribution >= 4 is 28.3 Å². The predicted molar refractivity (Wildman–Crippen MR) is 125 cm³/mol. The largest absolute Gasteiger partial charge is 0.483 e. The molecule has 2 aliphatic rings. The Kier molecular flexibility index (Phi) is 5.86. The molecule has 6 nitrogen and oxygen atoms in total. The first kappa shape index (κ1) is 21.2. The predicted octanol–water partition coefficient (Wildman–Crippen LogP) is 3.60. The van der Waals surface area contributed by atoms with E-state index in [-0.39, 0.29) is 30.3 Å². The van der Waals surface area contributed by atoms with Crippen LogP contribution in [-0.4, -0.2) is 55.5 Å². The maximum atomic E-state index is 14.2. The van der Waals surface area contributed by atoms with Crippen LogP contribution in [0.3, 0.4) is 0 Å². The van der Waals surface area contributed by atoms with Gasteiger partial charge < -0.3 is 19.9 Å². The second kappa shape index (κ2) is 9.10. The number of fused-ring (bicyclic) bond motifs is 1. The van der Waals surface area contributed by atoms with Crippen molar-refractivity contribution in [2.75, 3.05) is 37.7 Å². The van der Waals surface area contributed by atoms with E-state index in [0.717, 1.165) is 23.6 Å². The summed E-state index contributed by atoms with van der Waals surface area (Å²) in [5, 5.41) is 4.77. The third-order valence-electron chi connectivity index (χ3n) is 6.14. The van der Waals surface area contributed by atoms with Crippen LogP contribution < -0.4 is 15.0 Å². The van der Waals surface area contributed by atoms with Gasteiger partial charge in [0.25, 0.3) is 11.8 Å². The molecule has 0 radical (unpaired) electrons. The molecule has 3 aromatic rings. The minimum absolute atomic E-state index is 0.129. The summed E-state index contributed by atoms with van der Waals surface area (Å²) < 4.78 is 20.0. The number of piperazine rings is 1. The van der Waals surface area contributed by atoms with Gasteiger partial charge in [0.2, 0.25) is 0 Å². The van der Waals surface area contributed by atoms with Crippen LogP contribution in [-0.2, 0) is 4.79 Å². The summed E-state index contributed by atoms with van der Waals surface area (Å²) in [6.07, 6.45) is 2.01. The first-order valence-corrected chi connectivity index (χ1v) is 11.3. The Morgan fingerprint density at radius 3 is 2.30 bits per heavy atom. The molecule has 2 fully saturated rings. The number of amides is 2. The minimum atomic E-state index is -0.257. The van der Waals surface area contributed by atoms with Crippen molar-refractivity contribution in [1.82, 2.24) is 10.2 Å². The van der Waals surface area contributed by atoms with E-state index in [1.165, 1.54) is 6.07 Å². The van der Waals surface area contributed by atoms with Crippen LogP contribution >= 0.6 is 0 Å². The zero-order valence-corrected chi connectivity index (χ0v) is 18.3. The molecule has 5 rings (SSSR count). The van der Waals surface area contributed by atoms with Gasteiger partial charge in [-0.1, -0.05) is 36.4 Å². The molecule has 1 aliphatic carbocycles. The molecular formula is C26H26FN3O3. The highest BCUT2D eigenvalue weighted by atomic mass is 19.1. The van der Waals surface area contributed by atoms with Crippen LogP contribution in [0.2, 0.25) is 0 Å². The number of anilines is 1. The molecule has 1 heterocycles. The molecule has 33 heavy (non-hydrogen) atoms. The highest BCUT2D eigenvalue weighted by Gasteiger charge is 2.27. The summed E-state index contributed by atoms with van der Waals surface area (Å²) in [6.45, 7) is 1.90. The number of hydrogen-bond acceptors (Lipinski definition) is 4. The van der Waals surface area contributed by atoms with Crippen molar-refractivity contribution < 1.29 is 18.7 Å². The molecule has 0 spiro atoms. The van der Waals surface area contributed by atoms with E-state index in [0.29, 0.717) is 43.2 Å². The summed E-state index contributed by atoms with van der Waals surface area (Å²) in [5.74, 6) is -0.178. The lowest BCUT2D eigenvalue weighted by Gasteiger charge is -2.36. The van der Waals surface area contributed by atoms with Crippen molar-refractivity contribution in [1.29, 1.82) is 0 Å². The van der Waals surface area contributed by atoms with Crippen molar-refractivity contribution in [3.63, 3.8) is 0 Å². The molecule has 1 saturated carbocycles. The van der Waals surface area contributed by atoms with Gasteiger partial charge in [0.15, 0.2) is 6.61 Å². The quantitative estimate of drug-likeness (QED) is 0.627. The second-order valence-electron chi connectivity index (χ2n) is 8.56. The number of benzene rings is 3. The Bertz CT molecular complexity index is 1190. The van der Waals surface area contributed by atoms with E-state index in [1.54, 1.807) is 17.0 Å². The number of hydrogen-bond donors (Lipinski definition) is 1. The molecule has 3 aromatic carbocycles. The van der Waals surface area contributed by atoms with Gasteiger partial charge >= 0.3 is 0 Å². The standard InChI is InChI=1S/C26H26FN3O3/c27-22-7-3-4-8-23(22)29-11-13-30(14-12-29)26(32)21-15-18-5-1-2-6-19(18)16-24(21)33-17-25(31)28-20-9-10-20/h1-8,15-16,20H,9-14,17H2,(H,28,31). The highest BCUT2D eigenvalue weighted by molar-refractivity contribution is 6.02. The number of rotatable bonds is 6. The van der Waals surface area contributed by atoms with Gasteiger partial charge in [0, 0.05) is 32.2 Å². The average molecular weight is 448 g/mol. The van der Waals surface area contributed by atoms with Crippen molar-refractivity contribution in [3.05, 3.63) is 72.0 Å². The molecule has 1 aliphatic heterocycles. The van der Waals surface area contributed by atoms with Crippen molar-refractivity contribution in [3.8, 4) is 5.75 Å². The molecule has 0 unspecified atom stereocenters. The molecule has 0 atom stereocenters. The summed E-state index contributed by atoms with van der Waals surface area (Å²) in [5.41, 5.74) is 0.994. The topological polar surface area (TPSA) is 61.9 Å². The Morgan fingerprint density at radius 2 is 1.61 bits per heavy atom. The fourth-order valence-corrected chi connectivity index (χ4v) is 4.18. The second-order valence-corrected chi connectivity index (χ2v) is 8.56. The summed E-state index contributed by atoms with van der Waals surface area (Å²) in [6, 6.07) is 18.3. The fraction of sp³-hybridized carbons (Fsp3) is 0.308. The average Bonchev–Trinajstić information content (AvgIpc) is 3.66. The number of halogens is 1. The lowest BCUT2D eigenvalue weighted by Crippen LogP contribution is -2.49. The Hall–Kier alpha value is -3.61. The molecular weight excluding hydrogens is 421 g/mol. The number of ether oxygens (including phenoxy) is 1. The van der Waals surface area contributed by atoms with Crippen LogP contribution in [0.15, 0.2) is 60.7 Å². The van der Waals surface area contributed by atoms with Crippen molar-refractivity contribution in [2.45, 2.75) is 18.9 Å². The number of nitrogens with zero attached hydrogens (tertiary/aromatic N) is 2.